The molecule has 2 aromatic carbocycles. The van der Waals surface area contributed by atoms with Gasteiger partial charge in [0.15, 0.2) is 5.78 Å². The molecule has 0 amide bonds. The van der Waals surface area contributed by atoms with E-state index in [-0.39, 0.29) is 11.5 Å². The van der Waals surface area contributed by atoms with Crippen molar-refractivity contribution in [3.8, 4) is 22.6 Å². The molecule has 0 fully saturated rings. The van der Waals surface area contributed by atoms with Gasteiger partial charge in [-0.1, -0.05) is 19.1 Å². The van der Waals surface area contributed by atoms with E-state index in [1.165, 1.54) is 6.92 Å². The van der Waals surface area contributed by atoms with Gasteiger partial charge in [-0.2, -0.15) is 0 Å². The number of carbonyl (C=O) groups excluding carboxylic acids is 1. The van der Waals surface area contributed by atoms with Crippen molar-refractivity contribution in [2.45, 2.75) is 20.3 Å². The predicted molar refractivity (Wildman–Crippen MR) is 79.5 cm³/mol. The molecular weight excluding hydrogens is 252 g/mol. The zero-order valence-corrected chi connectivity index (χ0v) is 11.9. The van der Waals surface area contributed by atoms with E-state index in [2.05, 4.69) is 0 Å². The second-order valence-corrected chi connectivity index (χ2v) is 4.68. The van der Waals surface area contributed by atoms with Gasteiger partial charge in [-0.15, -0.1) is 0 Å². The number of hydrogen-bond donors (Lipinski definition) is 1. The summed E-state index contributed by atoms with van der Waals surface area (Å²) in [6.07, 6.45) is 0.843. The fourth-order valence-electron chi connectivity index (χ4n) is 2.23. The van der Waals surface area contributed by atoms with Crippen LogP contribution in [0.1, 0.15) is 29.8 Å². The van der Waals surface area contributed by atoms with Crippen LogP contribution in [0.3, 0.4) is 0 Å². The molecule has 3 nitrogen and oxygen atoms in total. The van der Waals surface area contributed by atoms with Crippen LogP contribution >= 0.6 is 0 Å². The summed E-state index contributed by atoms with van der Waals surface area (Å²) < 4.78 is 5.44. The molecule has 0 aliphatic heterocycles. The molecule has 0 aliphatic rings. The van der Waals surface area contributed by atoms with Gasteiger partial charge in [-0.25, -0.2) is 0 Å². The Morgan fingerprint density at radius 3 is 2.35 bits per heavy atom. The standard InChI is InChI=1S/C17H18O3/c1-4-12-9-15(11(2)18)17(20-3)16(10-12)13-5-7-14(19)8-6-13/h5-10,19H,4H2,1-3H3. The van der Waals surface area contributed by atoms with Crippen molar-refractivity contribution in [3.63, 3.8) is 0 Å². The van der Waals surface area contributed by atoms with Gasteiger partial charge < -0.3 is 9.84 Å². The number of ketones is 1. The number of hydrogen-bond acceptors (Lipinski definition) is 3. The Labute approximate surface area is 118 Å². The van der Waals surface area contributed by atoms with Crippen LogP contribution in [-0.2, 0) is 6.42 Å². The first-order chi connectivity index (χ1) is 9.56. The molecule has 0 atom stereocenters. The number of benzene rings is 2. The topological polar surface area (TPSA) is 46.5 Å². The van der Waals surface area contributed by atoms with Crippen LogP contribution in [0.15, 0.2) is 36.4 Å². The average Bonchev–Trinajstić information content (AvgIpc) is 2.46. The summed E-state index contributed by atoms with van der Waals surface area (Å²) in [5, 5.41) is 9.39. The fraction of sp³-hybridized carbons (Fsp3) is 0.235. The zero-order valence-electron chi connectivity index (χ0n) is 11.9. The second-order valence-electron chi connectivity index (χ2n) is 4.68. The molecule has 0 aromatic heterocycles. The lowest BCUT2D eigenvalue weighted by Gasteiger charge is -2.14. The van der Waals surface area contributed by atoms with E-state index < -0.39 is 0 Å². The van der Waals surface area contributed by atoms with Crippen LogP contribution in [-0.4, -0.2) is 18.0 Å². The molecule has 104 valence electrons. The minimum Gasteiger partial charge on any atom is -0.508 e. The highest BCUT2D eigenvalue weighted by molar-refractivity contribution is 5.99. The highest BCUT2D eigenvalue weighted by Crippen LogP contribution is 2.35. The number of Topliss-reactive ketones (excluding diaryl/α,β-unsaturated/α-hetero) is 1. The van der Waals surface area contributed by atoms with Crippen molar-refractivity contribution in [3.05, 3.63) is 47.5 Å². The van der Waals surface area contributed by atoms with Gasteiger partial charge >= 0.3 is 0 Å². The first kappa shape index (κ1) is 14.1. The number of ether oxygens (including phenoxy) is 1. The normalized spacial score (nSPS) is 10.3. The first-order valence-electron chi connectivity index (χ1n) is 6.58. The van der Waals surface area contributed by atoms with Crippen LogP contribution in [0.5, 0.6) is 11.5 Å². The summed E-state index contributed by atoms with van der Waals surface area (Å²) in [6.45, 7) is 3.59. The molecule has 20 heavy (non-hydrogen) atoms. The van der Waals surface area contributed by atoms with E-state index in [9.17, 15) is 9.90 Å². The number of phenolic OH excluding ortho intramolecular Hbond substituents is 1. The van der Waals surface area contributed by atoms with Crippen LogP contribution in [0, 0.1) is 0 Å². The summed E-state index contributed by atoms with van der Waals surface area (Å²) in [5.74, 6) is 0.781. The molecule has 0 radical (unpaired) electrons. The Balaban J connectivity index is 2.69. The van der Waals surface area contributed by atoms with E-state index >= 15 is 0 Å². The van der Waals surface area contributed by atoms with Gasteiger partial charge in [0, 0.05) is 5.56 Å². The molecule has 0 aliphatic carbocycles. The third-order valence-electron chi connectivity index (χ3n) is 3.32. The van der Waals surface area contributed by atoms with E-state index in [1.54, 1.807) is 19.2 Å². The number of aromatic hydroxyl groups is 1. The van der Waals surface area contributed by atoms with E-state index in [0.717, 1.165) is 23.1 Å². The van der Waals surface area contributed by atoms with Crippen molar-refractivity contribution in [1.82, 2.24) is 0 Å². The summed E-state index contributed by atoms with van der Waals surface area (Å²) in [4.78, 5) is 11.8. The van der Waals surface area contributed by atoms with E-state index in [1.807, 2.05) is 31.2 Å². The lowest BCUT2D eigenvalue weighted by Crippen LogP contribution is -2.01. The van der Waals surface area contributed by atoms with Gasteiger partial charge in [0.25, 0.3) is 0 Å². The Morgan fingerprint density at radius 1 is 1.20 bits per heavy atom. The highest BCUT2D eigenvalue weighted by Gasteiger charge is 2.15. The zero-order chi connectivity index (χ0) is 14.7. The summed E-state index contributed by atoms with van der Waals surface area (Å²) in [7, 11) is 1.57. The number of rotatable bonds is 4. The van der Waals surface area contributed by atoms with Crippen molar-refractivity contribution in [1.29, 1.82) is 0 Å². The van der Waals surface area contributed by atoms with E-state index in [4.69, 9.17) is 4.74 Å². The van der Waals surface area contributed by atoms with Crippen LogP contribution in [0.4, 0.5) is 0 Å². The lowest BCUT2D eigenvalue weighted by atomic mass is 9.95. The average molecular weight is 270 g/mol. The second kappa shape index (κ2) is 5.78. The largest absolute Gasteiger partial charge is 0.508 e. The molecule has 0 bridgehead atoms. The highest BCUT2D eigenvalue weighted by atomic mass is 16.5. The van der Waals surface area contributed by atoms with Gasteiger partial charge in [0.05, 0.1) is 12.7 Å². The smallest absolute Gasteiger partial charge is 0.163 e. The molecular formula is C17H18O3. The molecule has 1 N–H and O–H groups in total. The maximum atomic E-state index is 11.8. The maximum Gasteiger partial charge on any atom is 0.163 e. The van der Waals surface area contributed by atoms with Gasteiger partial charge in [0.1, 0.15) is 11.5 Å². The number of carbonyl (C=O) groups is 1. The molecule has 0 spiro atoms. The molecule has 0 saturated heterocycles. The number of methoxy groups -OCH3 is 1. The molecule has 0 unspecified atom stereocenters. The van der Waals surface area contributed by atoms with Crippen LogP contribution in [0.2, 0.25) is 0 Å². The molecule has 0 saturated carbocycles. The Morgan fingerprint density at radius 2 is 1.85 bits per heavy atom. The van der Waals surface area contributed by atoms with Crippen molar-refractivity contribution in [2.24, 2.45) is 0 Å². The van der Waals surface area contributed by atoms with Crippen molar-refractivity contribution in [2.75, 3.05) is 7.11 Å². The Bertz CT molecular complexity index is 627. The van der Waals surface area contributed by atoms with Gasteiger partial charge in [-0.3, -0.25) is 4.79 Å². The van der Waals surface area contributed by atoms with Crippen LogP contribution < -0.4 is 4.74 Å². The molecule has 2 rings (SSSR count). The summed E-state index contributed by atoms with van der Waals surface area (Å²) in [6, 6.07) is 10.8. The van der Waals surface area contributed by atoms with Gasteiger partial charge in [-0.05, 0) is 48.7 Å². The fourth-order valence-corrected chi connectivity index (χ4v) is 2.23. The minimum atomic E-state index is -0.0165. The van der Waals surface area contributed by atoms with Crippen LogP contribution in [0.25, 0.3) is 11.1 Å². The first-order valence-corrected chi connectivity index (χ1v) is 6.58. The molecule has 0 heterocycles. The Kier molecular flexibility index (Phi) is 4.08. The van der Waals surface area contributed by atoms with Crippen molar-refractivity contribution < 1.29 is 14.6 Å². The Hall–Kier alpha value is -2.29. The summed E-state index contributed by atoms with van der Waals surface area (Å²) >= 11 is 0. The third-order valence-corrected chi connectivity index (χ3v) is 3.32. The lowest BCUT2D eigenvalue weighted by molar-refractivity contribution is 0.101. The third kappa shape index (κ3) is 2.67. The maximum absolute atomic E-state index is 11.8. The predicted octanol–water partition coefficient (Wildman–Crippen LogP) is 3.83. The molecule has 3 heteroatoms. The van der Waals surface area contributed by atoms with Gasteiger partial charge in [0.2, 0.25) is 0 Å². The minimum absolute atomic E-state index is 0.0165. The number of aryl methyl sites for hydroxylation is 1. The quantitative estimate of drug-likeness (QED) is 0.859. The molecule has 2 aromatic rings. The van der Waals surface area contributed by atoms with E-state index in [0.29, 0.717) is 11.3 Å². The van der Waals surface area contributed by atoms with Crippen molar-refractivity contribution >= 4 is 5.78 Å². The monoisotopic (exact) mass is 270 g/mol. The number of phenols is 1. The summed E-state index contributed by atoms with van der Waals surface area (Å²) in [5.41, 5.74) is 3.46. The SMILES string of the molecule is CCc1cc(C(C)=O)c(OC)c(-c2ccc(O)cc2)c1.